The number of hydrogen-bond donors (Lipinski definition) is 1. The molecule has 20 heavy (non-hydrogen) atoms. The largest absolute Gasteiger partial charge is 0.343 e. The van der Waals surface area contributed by atoms with Crippen molar-refractivity contribution in [2.75, 3.05) is 13.1 Å². The summed E-state index contributed by atoms with van der Waals surface area (Å²) in [5.41, 5.74) is 0.787. The van der Waals surface area contributed by atoms with Crippen molar-refractivity contribution in [1.29, 1.82) is 0 Å². The van der Waals surface area contributed by atoms with Crippen LogP contribution in [0.4, 0.5) is 0 Å². The van der Waals surface area contributed by atoms with E-state index in [9.17, 15) is 4.79 Å². The summed E-state index contributed by atoms with van der Waals surface area (Å²) in [5, 5.41) is 3.53. The summed E-state index contributed by atoms with van der Waals surface area (Å²) in [6.45, 7) is 8.89. The number of piperazine rings is 1. The van der Waals surface area contributed by atoms with Crippen molar-refractivity contribution < 1.29 is 4.79 Å². The van der Waals surface area contributed by atoms with Crippen molar-refractivity contribution in [2.24, 2.45) is 0 Å². The molecule has 2 heterocycles. The average molecular weight is 342 g/mol. The topological polar surface area (TPSA) is 37.3 Å². The molecule has 2 atom stereocenters. The van der Waals surface area contributed by atoms with Gasteiger partial charge in [0.2, 0.25) is 0 Å². The molecule has 1 aromatic rings. The first-order valence-electron chi connectivity index (χ1n) is 7.50. The molecule has 0 bridgehead atoms. The number of carbonyl (C=O) groups excluding carboxylic acids is 1. The minimum absolute atomic E-state index is 0.157. The number of rotatable bonds is 4. The second-order valence-corrected chi connectivity index (χ2v) is 6.28. The summed E-state index contributed by atoms with van der Waals surface area (Å²) in [5.74, 6) is 0.157. The highest BCUT2D eigenvalue weighted by Crippen LogP contribution is 2.20. The summed E-state index contributed by atoms with van der Waals surface area (Å²) >= 11 is 3.47. The Bertz CT molecular complexity index is 472. The molecule has 4 nitrogen and oxygen atoms in total. The molecule has 1 aromatic heterocycles. The maximum absolute atomic E-state index is 12.9. The summed E-state index contributed by atoms with van der Waals surface area (Å²) in [6.07, 6.45) is 4.02. The standard InChI is InChI=1S/C15H24BrN3O/c1-4-12-10-19(13(5-2)8-17-12)15(20)14-7-11(16)9-18(14)6-3/h7,9,12-13,17H,4-6,8,10H2,1-3H3. The van der Waals surface area contributed by atoms with Crippen molar-refractivity contribution in [1.82, 2.24) is 14.8 Å². The molecular formula is C15H24BrN3O. The first kappa shape index (κ1) is 15.6. The summed E-state index contributed by atoms with van der Waals surface area (Å²) < 4.78 is 2.99. The zero-order chi connectivity index (χ0) is 14.7. The number of nitrogens with zero attached hydrogens (tertiary/aromatic N) is 2. The molecule has 1 aliphatic rings. The van der Waals surface area contributed by atoms with E-state index in [-0.39, 0.29) is 5.91 Å². The van der Waals surface area contributed by atoms with Crippen molar-refractivity contribution in [3.8, 4) is 0 Å². The predicted octanol–water partition coefficient (Wildman–Crippen LogP) is 2.87. The molecule has 0 saturated carbocycles. The average Bonchev–Trinajstić information content (AvgIpc) is 2.86. The second-order valence-electron chi connectivity index (χ2n) is 5.36. The zero-order valence-electron chi connectivity index (χ0n) is 12.5. The van der Waals surface area contributed by atoms with Crippen LogP contribution in [0, 0.1) is 0 Å². The van der Waals surface area contributed by atoms with Crippen molar-refractivity contribution in [2.45, 2.75) is 52.2 Å². The Morgan fingerprint density at radius 1 is 1.40 bits per heavy atom. The number of halogens is 1. The van der Waals surface area contributed by atoms with Crippen molar-refractivity contribution in [3.63, 3.8) is 0 Å². The Kier molecular flexibility index (Phi) is 5.27. The molecule has 1 N–H and O–H groups in total. The Hall–Kier alpha value is -0.810. The van der Waals surface area contributed by atoms with Crippen LogP contribution in [0.15, 0.2) is 16.7 Å². The minimum Gasteiger partial charge on any atom is -0.343 e. The lowest BCUT2D eigenvalue weighted by Crippen LogP contribution is -2.58. The van der Waals surface area contributed by atoms with Gasteiger partial charge in [0.25, 0.3) is 5.91 Å². The Morgan fingerprint density at radius 2 is 2.15 bits per heavy atom. The van der Waals surface area contributed by atoms with Crippen LogP contribution in [0.1, 0.15) is 44.1 Å². The molecule has 1 aliphatic heterocycles. The molecule has 2 rings (SSSR count). The van der Waals surface area contributed by atoms with E-state index < -0.39 is 0 Å². The molecule has 0 spiro atoms. The number of aromatic nitrogens is 1. The molecule has 1 saturated heterocycles. The minimum atomic E-state index is 0.157. The summed E-state index contributed by atoms with van der Waals surface area (Å²) in [6, 6.07) is 2.64. The van der Waals surface area contributed by atoms with Crippen molar-refractivity contribution in [3.05, 3.63) is 22.4 Å². The van der Waals surface area contributed by atoms with E-state index in [0.29, 0.717) is 12.1 Å². The molecule has 112 valence electrons. The van der Waals surface area contributed by atoms with E-state index in [4.69, 9.17) is 0 Å². The number of nitrogens with one attached hydrogen (secondary N) is 1. The Morgan fingerprint density at radius 3 is 2.75 bits per heavy atom. The van der Waals surface area contributed by atoms with Gasteiger partial charge in [-0.25, -0.2) is 0 Å². The molecule has 0 aromatic carbocycles. The fourth-order valence-corrected chi connectivity index (χ4v) is 3.28. The van der Waals surface area contributed by atoms with E-state index in [1.165, 1.54) is 0 Å². The van der Waals surface area contributed by atoms with Gasteiger partial charge in [-0.3, -0.25) is 4.79 Å². The van der Waals surface area contributed by atoms with Gasteiger partial charge < -0.3 is 14.8 Å². The molecular weight excluding hydrogens is 318 g/mol. The van der Waals surface area contributed by atoms with E-state index in [0.717, 1.165) is 42.6 Å². The van der Waals surface area contributed by atoms with Gasteiger partial charge in [-0.05, 0) is 41.8 Å². The van der Waals surface area contributed by atoms with Gasteiger partial charge in [-0.1, -0.05) is 13.8 Å². The van der Waals surface area contributed by atoms with Gasteiger partial charge in [0.1, 0.15) is 5.69 Å². The monoisotopic (exact) mass is 341 g/mol. The lowest BCUT2D eigenvalue weighted by Gasteiger charge is -2.40. The third-order valence-electron chi connectivity index (χ3n) is 4.15. The van der Waals surface area contributed by atoms with Gasteiger partial charge >= 0.3 is 0 Å². The second kappa shape index (κ2) is 6.76. The van der Waals surface area contributed by atoms with Gasteiger partial charge in [0.05, 0.1) is 0 Å². The summed E-state index contributed by atoms with van der Waals surface area (Å²) in [7, 11) is 0. The molecule has 0 aliphatic carbocycles. The van der Waals surface area contributed by atoms with Gasteiger partial charge in [-0.15, -0.1) is 0 Å². The van der Waals surface area contributed by atoms with E-state index >= 15 is 0 Å². The number of amides is 1. The van der Waals surface area contributed by atoms with Crippen LogP contribution >= 0.6 is 15.9 Å². The summed E-state index contributed by atoms with van der Waals surface area (Å²) in [4.78, 5) is 14.9. The number of hydrogen-bond acceptors (Lipinski definition) is 2. The smallest absolute Gasteiger partial charge is 0.270 e. The van der Waals surface area contributed by atoms with E-state index in [1.807, 2.05) is 16.8 Å². The van der Waals surface area contributed by atoms with Crippen LogP contribution in [0.25, 0.3) is 0 Å². The maximum Gasteiger partial charge on any atom is 0.270 e. The van der Waals surface area contributed by atoms with Gasteiger partial charge in [0, 0.05) is 42.4 Å². The normalized spacial score (nSPS) is 23.1. The third-order valence-corrected chi connectivity index (χ3v) is 4.58. The van der Waals surface area contributed by atoms with Crippen LogP contribution in [-0.2, 0) is 6.54 Å². The Labute approximate surface area is 129 Å². The van der Waals surface area contributed by atoms with Gasteiger partial charge in [-0.2, -0.15) is 0 Å². The van der Waals surface area contributed by atoms with Crippen LogP contribution in [-0.4, -0.2) is 40.5 Å². The quantitative estimate of drug-likeness (QED) is 0.914. The first-order chi connectivity index (χ1) is 9.60. The lowest BCUT2D eigenvalue weighted by atomic mass is 10.0. The van der Waals surface area contributed by atoms with Crippen LogP contribution in [0.3, 0.4) is 0 Å². The van der Waals surface area contributed by atoms with Crippen LogP contribution in [0.2, 0.25) is 0 Å². The maximum atomic E-state index is 12.9. The van der Waals surface area contributed by atoms with Gasteiger partial charge in [0.15, 0.2) is 0 Å². The molecule has 1 fully saturated rings. The Balaban J connectivity index is 2.24. The SMILES string of the molecule is CCC1CN(C(=O)c2cc(Br)cn2CC)C(CC)CN1. The molecule has 1 amide bonds. The predicted molar refractivity (Wildman–Crippen MR) is 85.0 cm³/mol. The van der Waals surface area contributed by atoms with Crippen LogP contribution < -0.4 is 5.32 Å². The van der Waals surface area contributed by atoms with E-state index in [2.05, 4.69) is 46.9 Å². The molecule has 0 radical (unpaired) electrons. The highest BCUT2D eigenvalue weighted by Gasteiger charge is 2.31. The molecule has 5 heteroatoms. The van der Waals surface area contributed by atoms with Crippen LogP contribution in [0.5, 0.6) is 0 Å². The fourth-order valence-electron chi connectivity index (χ4n) is 2.81. The fraction of sp³-hybridized carbons (Fsp3) is 0.667. The highest BCUT2D eigenvalue weighted by atomic mass is 79.9. The zero-order valence-corrected chi connectivity index (χ0v) is 14.1. The number of carbonyl (C=O) groups is 1. The van der Waals surface area contributed by atoms with E-state index in [1.54, 1.807) is 0 Å². The first-order valence-corrected chi connectivity index (χ1v) is 8.29. The van der Waals surface area contributed by atoms with Crippen molar-refractivity contribution >= 4 is 21.8 Å². The lowest BCUT2D eigenvalue weighted by molar-refractivity contribution is 0.0565. The number of aryl methyl sites for hydroxylation is 1. The third kappa shape index (κ3) is 3.09. The molecule has 2 unspecified atom stereocenters. The highest BCUT2D eigenvalue weighted by molar-refractivity contribution is 9.10.